The quantitative estimate of drug-likeness (QED) is 0.593. The molecular formula is C13H17NO. The number of Topliss-reactive ketones (excluding diaryl/α,β-unsaturated/α-hetero) is 1. The van der Waals surface area contributed by atoms with Gasteiger partial charge in [0.2, 0.25) is 0 Å². The monoisotopic (exact) mass is 203 g/mol. The molecule has 1 aromatic carbocycles. The van der Waals surface area contributed by atoms with Gasteiger partial charge in [0, 0.05) is 17.7 Å². The van der Waals surface area contributed by atoms with Crippen LogP contribution < -0.4 is 5.73 Å². The molecule has 0 bridgehead atoms. The lowest BCUT2D eigenvalue weighted by Gasteiger charge is -2.17. The third-order valence-corrected chi connectivity index (χ3v) is 3.14. The predicted molar refractivity (Wildman–Crippen MR) is 62.1 cm³/mol. The van der Waals surface area contributed by atoms with Crippen LogP contribution >= 0.6 is 0 Å². The first-order valence-corrected chi connectivity index (χ1v) is 5.67. The molecule has 1 aliphatic rings. The average molecular weight is 203 g/mol. The fourth-order valence-corrected chi connectivity index (χ4v) is 2.24. The number of fused-ring (bicyclic) bond motifs is 1. The summed E-state index contributed by atoms with van der Waals surface area (Å²) < 4.78 is 0. The Labute approximate surface area is 90.5 Å². The van der Waals surface area contributed by atoms with Crippen molar-refractivity contribution in [2.75, 3.05) is 5.73 Å². The van der Waals surface area contributed by atoms with E-state index in [1.54, 1.807) is 0 Å². The van der Waals surface area contributed by atoms with Crippen molar-refractivity contribution in [3.8, 4) is 0 Å². The smallest absolute Gasteiger partial charge is 0.164 e. The third-order valence-electron chi connectivity index (χ3n) is 3.14. The van der Waals surface area contributed by atoms with Gasteiger partial charge in [0.25, 0.3) is 0 Å². The average Bonchev–Trinajstić information content (AvgIpc) is 2.27. The van der Waals surface area contributed by atoms with Crippen LogP contribution in [0.1, 0.15) is 47.7 Å². The number of carbonyl (C=O) groups is 1. The summed E-state index contributed by atoms with van der Waals surface area (Å²) in [5, 5.41) is 0. The van der Waals surface area contributed by atoms with Crippen molar-refractivity contribution in [1.82, 2.24) is 0 Å². The van der Waals surface area contributed by atoms with Crippen LogP contribution in [0.3, 0.4) is 0 Å². The number of carbonyl (C=O) groups excluding carboxylic acids is 1. The lowest BCUT2D eigenvalue weighted by molar-refractivity contribution is 0.0989. The van der Waals surface area contributed by atoms with Crippen molar-refractivity contribution >= 4 is 11.5 Å². The summed E-state index contributed by atoms with van der Waals surface area (Å²) in [5.74, 6) is 0.154. The van der Waals surface area contributed by atoms with E-state index in [2.05, 4.69) is 0 Å². The normalized spacial score (nSPS) is 14.7. The molecule has 1 aromatic rings. The molecule has 0 saturated heterocycles. The van der Waals surface area contributed by atoms with Gasteiger partial charge in [-0.2, -0.15) is 0 Å². The minimum Gasteiger partial charge on any atom is -0.398 e. The molecule has 0 amide bonds. The predicted octanol–water partition coefficient (Wildman–Crippen LogP) is 2.74. The van der Waals surface area contributed by atoms with Gasteiger partial charge in [0.1, 0.15) is 0 Å². The SMILES string of the molecule is CCC(=O)c1cc2c(cc1N)CCCC2. The van der Waals surface area contributed by atoms with Crippen molar-refractivity contribution in [3.05, 3.63) is 28.8 Å². The number of anilines is 1. The second kappa shape index (κ2) is 4.05. The van der Waals surface area contributed by atoms with E-state index in [0.717, 1.165) is 18.4 Å². The third kappa shape index (κ3) is 1.89. The van der Waals surface area contributed by atoms with Crippen LogP contribution in [0.2, 0.25) is 0 Å². The maximum absolute atomic E-state index is 11.6. The zero-order valence-electron chi connectivity index (χ0n) is 9.18. The van der Waals surface area contributed by atoms with Gasteiger partial charge in [-0.3, -0.25) is 4.79 Å². The number of rotatable bonds is 2. The lowest BCUT2D eigenvalue weighted by atomic mass is 9.88. The molecule has 15 heavy (non-hydrogen) atoms. The molecule has 0 atom stereocenters. The standard InChI is InChI=1S/C13H17NO/c1-2-13(15)11-7-9-5-3-4-6-10(9)8-12(11)14/h7-8H,2-6,14H2,1H3. The van der Waals surface area contributed by atoms with Gasteiger partial charge in [0.15, 0.2) is 5.78 Å². The summed E-state index contributed by atoms with van der Waals surface area (Å²) in [6.07, 6.45) is 5.22. The molecule has 0 spiro atoms. The zero-order chi connectivity index (χ0) is 10.8. The zero-order valence-corrected chi connectivity index (χ0v) is 9.18. The van der Waals surface area contributed by atoms with Crippen LogP contribution in [0.15, 0.2) is 12.1 Å². The van der Waals surface area contributed by atoms with Crippen molar-refractivity contribution in [2.24, 2.45) is 0 Å². The molecule has 0 aliphatic heterocycles. The highest BCUT2D eigenvalue weighted by Crippen LogP contribution is 2.26. The van der Waals surface area contributed by atoms with Crippen molar-refractivity contribution in [2.45, 2.75) is 39.0 Å². The van der Waals surface area contributed by atoms with Gasteiger partial charge in [-0.05, 0) is 48.9 Å². The summed E-state index contributed by atoms with van der Waals surface area (Å²) in [5.41, 5.74) is 9.94. The maximum Gasteiger partial charge on any atom is 0.164 e. The number of ketones is 1. The van der Waals surface area contributed by atoms with Crippen molar-refractivity contribution in [3.63, 3.8) is 0 Å². The molecule has 2 heteroatoms. The van der Waals surface area contributed by atoms with Crippen LogP contribution in [0, 0.1) is 0 Å². The van der Waals surface area contributed by atoms with Gasteiger partial charge < -0.3 is 5.73 Å². The Morgan fingerprint density at radius 3 is 2.47 bits per heavy atom. The highest BCUT2D eigenvalue weighted by atomic mass is 16.1. The minimum atomic E-state index is 0.154. The molecule has 0 heterocycles. The molecule has 2 rings (SSSR count). The lowest BCUT2D eigenvalue weighted by Crippen LogP contribution is -2.09. The van der Waals surface area contributed by atoms with E-state index >= 15 is 0 Å². The number of hydrogen-bond acceptors (Lipinski definition) is 2. The summed E-state index contributed by atoms with van der Waals surface area (Å²) in [7, 11) is 0. The van der Waals surface area contributed by atoms with E-state index in [-0.39, 0.29) is 5.78 Å². The van der Waals surface area contributed by atoms with E-state index in [4.69, 9.17) is 5.73 Å². The van der Waals surface area contributed by atoms with Crippen LogP contribution in [-0.2, 0) is 12.8 Å². The van der Waals surface area contributed by atoms with E-state index in [1.165, 1.54) is 24.0 Å². The van der Waals surface area contributed by atoms with E-state index in [9.17, 15) is 4.79 Å². The molecule has 0 aromatic heterocycles. The van der Waals surface area contributed by atoms with Gasteiger partial charge in [-0.1, -0.05) is 6.92 Å². The van der Waals surface area contributed by atoms with Crippen molar-refractivity contribution in [1.29, 1.82) is 0 Å². The highest BCUT2D eigenvalue weighted by molar-refractivity contribution is 6.00. The Kier molecular flexibility index (Phi) is 2.76. The number of aryl methyl sites for hydroxylation is 2. The fourth-order valence-electron chi connectivity index (χ4n) is 2.24. The first kappa shape index (κ1) is 10.2. The molecule has 0 radical (unpaired) electrons. The first-order chi connectivity index (χ1) is 7.22. The first-order valence-electron chi connectivity index (χ1n) is 5.67. The van der Waals surface area contributed by atoms with E-state index in [1.807, 2.05) is 19.1 Å². The van der Waals surface area contributed by atoms with Gasteiger partial charge in [-0.15, -0.1) is 0 Å². The molecule has 0 fully saturated rings. The van der Waals surface area contributed by atoms with Gasteiger partial charge in [-0.25, -0.2) is 0 Å². The fraction of sp³-hybridized carbons (Fsp3) is 0.462. The second-order valence-corrected chi connectivity index (χ2v) is 4.19. The second-order valence-electron chi connectivity index (χ2n) is 4.19. The Morgan fingerprint density at radius 1 is 1.27 bits per heavy atom. The molecule has 1 aliphatic carbocycles. The maximum atomic E-state index is 11.6. The molecule has 2 N–H and O–H groups in total. The van der Waals surface area contributed by atoms with Gasteiger partial charge in [0.05, 0.1) is 0 Å². The molecule has 0 unspecified atom stereocenters. The summed E-state index contributed by atoms with van der Waals surface area (Å²) in [4.78, 5) is 11.6. The Bertz CT molecular complexity index is 396. The Hall–Kier alpha value is -1.31. The number of nitrogens with two attached hydrogens (primary N) is 1. The summed E-state index contributed by atoms with van der Waals surface area (Å²) in [6, 6.07) is 4.01. The molecular weight excluding hydrogens is 186 g/mol. The summed E-state index contributed by atoms with van der Waals surface area (Å²) in [6.45, 7) is 1.88. The number of hydrogen-bond donors (Lipinski definition) is 1. The Morgan fingerprint density at radius 2 is 1.87 bits per heavy atom. The molecule has 0 saturated carbocycles. The molecule has 2 nitrogen and oxygen atoms in total. The van der Waals surface area contributed by atoms with Crippen molar-refractivity contribution < 1.29 is 4.79 Å². The van der Waals surface area contributed by atoms with Gasteiger partial charge >= 0.3 is 0 Å². The number of benzene rings is 1. The number of nitrogen functional groups attached to an aromatic ring is 1. The minimum absolute atomic E-state index is 0.154. The largest absolute Gasteiger partial charge is 0.398 e. The van der Waals surface area contributed by atoms with E-state index < -0.39 is 0 Å². The van der Waals surface area contributed by atoms with Crippen LogP contribution in [0.4, 0.5) is 5.69 Å². The topological polar surface area (TPSA) is 43.1 Å². The van der Waals surface area contributed by atoms with Crippen LogP contribution in [-0.4, -0.2) is 5.78 Å². The van der Waals surface area contributed by atoms with Crippen LogP contribution in [0.25, 0.3) is 0 Å². The van der Waals surface area contributed by atoms with E-state index in [0.29, 0.717) is 12.1 Å². The summed E-state index contributed by atoms with van der Waals surface area (Å²) >= 11 is 0. The van der Waals surface area contributed by atoms with Crippen LogP contribution in [0.5, 0.6) is 0 Å². The highest BCUT2D eigenvalue weighted by Gasteiger charge is 2.14. The molecule has 80 valence electrons. The Balaban J connectivity index is 2.44.